The topological polar surface area (TPSA) is 49.9 Å². The van der Waals surface area contributed by atoms with Gasteiger partial charge in [0.15, 0.2) is 0 Å². The smallest absolute Gasteiger partial charge is 0.329 e. The van der Waals surface area contributed by atoms with E-state index in [1.165, 1.54) is 0 Å². The summed E-state index contributed by atoms with van der Waals surface area (Å²) in [5.41, 5.74) is 2.82. The van der Waals surface area contributed by atoms with E-state index >= 15 is 0 Å². The van der Waals surface area contributed by atoms with Crippen molar-refractivity contribution in [2.75, 3.05) is 29.5 Å². The van der Waals surface area contributed by atoms with Crippen LogP contribution in [0, 0.1) is 0 Å². The number of nitrogens with zero attached hydrogens (tertiary/aromatic N) is 2. The molecule has 1 aliphatic heterocycles. The molecule has 0 aliphatic carbocycles. The zero-order valence-corrected chi connectivity index (χ0v) is 16.2. The standard InChI is InChI=1S/C20H21BrN2O3/c1-2-26-19(24)12-5-15-3-8-17(9-4-15)22-13-14-23(20(22)25)18-10-6-16(21)7-11-18/h3-4,6-11H,2,5,12-14H2,1H3. The normalized spacial score (nSPS) is 14.0. The molecule has 0 N–H and O–H groups in total. The van der Waals surface area contributed by atoms with Gasteiger partial charge in [-0.1, -0.05) is 28.1 Å². The molecule has 6 heteroatoms. The van der Waals surface area contributed by atoms with Crippen LogP contribution in [0.4, 0.5) is 16.2 Å². The summed E-state index contributed by atoms with van der Waals surface area (Å²) in [5, 5.41) is 0. The fourth-order valence-electron chi connectivity index (χ4n) is 2.96. The minimum atomic E-state index is -0.184. The highest BCUT2D eigenvalue weighted by molar-refractivity contribution is 9.10. The minimum Gasteiger partial charge on any atom is -0.466 e. The Hall–Kier alpha value is -2.34. The van der Waals surface area contributed by atoms with E-state index in [4.69, 9.17) is 4.74 Å². The number of halogens is 1. The summed E-state index contributed by atoms with van der Waals surface area (Å²) < 4.78 is 5.93. The Morgan fingerprint density at radius 3 is 2.08 bits per heavy atom. The molecule has 3 rings (SSSR count). The van der Waals surface area contributed by atoms with Gasteiger partial charge < -0.3 is 4.74 Å². The minimum absolute atomic E-state index is 0.0217. The lowest BCUT2D eigenvalue weighted by atomic mass is 10.1. The molecule has 1 heterocycles. The van der Waals surface area contributed by atoms with Gasteiger partial charge in [0.05, 0.1) is 6.61 Å². The molecule has 2 aromatic rings. The van der Waals surface area contributed by atoms with E-state index in [1.807, 2.05) is 48.5 Å². The Balaban J connectivity index is 1.63. The monoisotopic (exact) mass is 416 g/mol. The molecule has 2 aromatic carbocycles. The molecular weight excluding hydrogens is 396 g/mol. The van der Waals surface area contributed by atoms with Crippen LogP contribution in [0.25, 0.3) is 0 Å². The molecule has 5 nitrogen and oxygen atoms in total. The first kappa shape index (κ1) is 18.5. The predicted octanol–water partition coefficient (Wildman–Crippen LogP) is 4.39. The summed E-state index contributed by atoms with van der Waals surface area (Å²) in [6.45, 7) is 3.52. The molecule has 0 spiro atoms. The Bertz CT molecular complexity index is 775. The van der Waals surface area contributed by atoms with Crippen molar-refractivity contribution in [3.05, 3.63) is 58.6 Å². The van der Waals surface area contributed by atoms with Crippen LogP contribution in [-0.2, 0) is 16.0 Å². The lowest BCUT2D eigenvalue weighted by Crippen LogP contribution is -2.31. The van der Waals surface area contributed by atoms with Gasteiger partial charge in [-0.3, -0.25) is 14.6 Å². The van der Waals surface area contributed by atoms with Gasteiger partial charge in [0, 0.05) is 35.4 Å². The van der Waals surface area contributed by atoms with E-state index in [-0.39, 0.29) is 12.0 Å². The molecular formula is C20H21BrN2O3. The van der Waals surface area contributed by atoms with Crippen LogP contribution in [0.2, 0.25) is 0 Å². The van der Waals surface area contributed by atoms with Crippen molar-refractivity contribution >= 4 is 39.3 Å². The van der Waals surface area contributed by atoms with Crippen molar-refractivity contribution in [2.24, 2.45) is 0 Å². The third-order valence-corrected chi connectivity index (χ3v) is 4.85. The Kier molecular flexibility index (Phi) is 5.93. The van der Waals surface area contributed by atoms with Crippen molar-refractivity contribution in [2.45, 2.75) is 19.8 Å². The molecule has 0 bridgehead atoms. The van der Waals surface area contributed by atoms with E-state index in [9.17, 15) is 9.59 Å². The van der Waals surface area contributed by atoms with Gasteiger partial charge in [-0.05, 0) is 55.3 Å². The van der Waals surface area contributed by atoms with Crippen LogP contribution in [0.15, 0.2) is 53.0 Å². The summed E-state index contributed by atoms with van der Waals surface area (Å²) in [5.74, 6) is -0.184. The molecule has 1 aliphatic rings. The number of anilines is 2. The van der Waals surface area contributed by atoms with Crippen molar-refractivity contribution in [3.63, 3.8) is 0 Å². The molecule has 136 valence electrons. The number of urea groups is 1. The fraction of sp³-hybridized carbons (Fsp3) is 0.300. The number of benzene rings is 2. The summed E-state index contributed by atoms with van der Waals surface area (Å²) in [6, 6.07) is 15.5. The number of hydrogen-bond donors (Lipinski definition) is 0. The first-order valence-corrected chi connectivity index (χ1v) is 9.47. The highest BCUT2D eigenvalue weighted by atomic mass is 79.9. The lowest BCUT2D eigenvalue weighted by molar-refractivity contribution is -0.143. The zero-order chi connectivity index (χ0) is 18.5. The number of ether oxygens (including phenoxy) is 1. The van der Waals surface area contributed by atoms with Crippen molar-refractivity contribution in [3.8, 4) is 0 Å². The number of aryl methyl sites for hydroxylation is 1. The van der Waals surface area contributed by atoms with Crippen LogP contribution < -0.4 is 9.80 Å². The average Bonchev–Trinajstić information content (AvgIpc) is 3.03. The van der Waals surface area contributed by atoms with E-state index in [2.05, 4.69) is 15.9 Å². The summed E-state index contributed by atoms with van der Waals surface area (Å²) >= 11 is 3.41. The maximum Gasteiger partial charge on any atom is 0.329 e. The van der Waals surface area contributed by atoms with Gasteiger partial charge in [0.25, 0.3) is 0 Å². The van der Waals surface area contributed by atoms with Crippen LogP contribution in [-0.4, -0.2) is 31.7 Å². The molecule has 0 radical (unpaired) electrons. The fourth-order valence-corrected chi connectivity index (χ4v) is 3.22. The Morgan fingerprint density at radius 2 is 1.54 bits per heavy atom. The van der Waals surface area contributed by atoms with Crippen LogP contribution in [0.3, 0.4) is 0 Å². The number of carbonyl (C=O) groups excluding carboxylic acids is 2. The quantitative estimate of drug-likeness (QED) is 0.655. The number of carbonyl (C=O) groups is 2. The van der Waals surface area contributed by atoms with Gasteiger partial charge in [-0.15, -0.1) is 0 Å². The van der Waals surface area contributed by atoms with Crippen molar-refractivity contribution in [1.82, 2.24) is 0 Å². The number of amides is 2. The third-order valence-electron chi connectivity index (χ3n) is 4.32. The molecule has 2 amide bonds. The Morgan fingerprint density at radius 1 is 1.00 bits per heavy atom. The van der Waals surface area contributed by atoms with E-state index < -0.39 is 0 Å². The molecule has 0 aromatic heterocycles. The van der Waals surface area contributed by atoms with Gasteiger partial charge in [0.1, 0.15) is 0 Å². The average molecular weight is 417 g/mol. The molecule has 0 unspecified atom stereocenters. The number of hydrogen-bond acceptors (Lipinski definition) is 3. The first-order valence-electron chi connectivity index (χ1n) is 8.67. The van der Waals surface area contributed by atoms with Crippen LogP contribution in [0.1, 0.15) is 18.9 Å². The SMILES string of the molecule is CCOC(=O)CCc1ccc(N2CCN(c3ccc(Br)cc3)C2=O)cc1. The maximum atomic E-state index is 12.7. The summed E-state index contributed by atoms with van der Waals surface area (Å²) in [4.78, 5) is 27.7. The highest BCUT2D eigenvalue weighted by Gasteiger charge is 2.30. The molecule has 1 saturated heterocycles. The second-order valence-electron chi connectivity index (χ2n) is 6.03. The second kappa shape index (κ2) is 8.36. The highest BCUT2D eigenvalue weighted by Crippen LogP contribution is 2.26. The molecule has 0 atom stereocenters. The molecule has 0 saturated carbocycles. The maximum absolute atomic E-state index is 12.7. The van der Waals surface area contributed by atoms with E-state index in [1.54, 1.807) is 16.7 Å². The van der Waals surface area contributed by atoms with E-state index in [0.717, 1.165) is 21.4 Å². The predicted molar refractivity (Wildman–Crippen MR) is 106 cm³/mol. The summed E-state index contributed by atoms with van der Waals surface area (Å²) in [6.07, 6.45) is 1.01. The molecule has 1 fully saturated rings. The zero-order valence-electron chi connectivity index (χ0n) is 14.7. The third kappa shape index (κ3) is 4.25. The van der Waals surface area contributed by atoms with Crippen molar-refractivity contribution < 1.29 is 14.3 Å². The van der Waals surface area contributed by atoms with Gasteiger partial charge in [-0.25, -0.2) is 4.79 Å². The number of rotatable bonds is 6. The number of esters is 1. The van der Waals surface area contributed by atoms with Crippen molar-refractivity contribution in [1.29, 1.82) is 0 Å². The van der Waals surface area contributed by atoms with Crippen LogP contribution in [0.5, 0.6) is 0 Å². The first-order chi connectivity index (χ1) is 12.6. The van der Waals surface area contributed by atoms with Gasteiger partial charge in [-0.2, -0.15) is 0 Å². The van der Waals surface area contributed by atoms with Crippen LogP contribution >= 0.6 is 15.9 Å². The lowest BCUT2D eigenvalue weighted by Gasteiger charge is -2.19. The largest absolute Gasteiger partial charge is 0.466 e. The second-order valence-corrected chi connectivity index (χ2v) is 6.95. The Labute approximate surface area is 161 Å². The van der Waals surface area contributed by atoms with E-state index in [0.29, 0.717) is 32.5 Å². The van der Waals surface area contributed by atoms with Gasteiger partial charge in [0.2, 0.25) is 0 Å². The van der Waals surface area contributed by atoms with Gasteiger partial charge >= 0.3 is 12.0 Å². The summed E-state index contributed by atoms with van der Waals surface area (Å²) in [7, 11) is 0. The molecule has 26 heavy (non-hydrogen) atoms.